The summed E-state index contributed by atoms with van der Waals surface area (Å²) in [6, 6.07) is 20.9. The van der Waals surface area contributed by atoms with Gasteiger partial charge in [0.25, 0.3) is 17.7 Å². The van der Waals surface area contributed by atoms with Crippen LogP contribution in [0.25, 0.3) is 0 Å². The molecule has 8 heteroatoms. The molecular weight excluding hydrogens is 447 g/mol. The first-order chi connectivity index (χ1) is 17.0. The average Bonchev–Trinajstić information content (AvgIpc) is 2.91. The number of carbonyl (C=O) groups is 3. The van der Waals surface area contributed by atoms with Gasteiger partial charge in [-0.15, -0.1) is 0 Å². The molecule has 0 unspecified atom stereocenters. The van der Waals surface area contributed by atoms with Crippen LogP contribution in [0, 0.1) is 5.82 Å². The minimum absolute atomic E-state index is 0.0136. The van der Waals surface area contributed by atoms with Crippen LogP contribution in [0.4, 0.5) is 10.1 Å². The third-order valence-electron chi connectivity index (χ3n) is 6.43. The first-order valence-electron chi connectivity index (χ1n) is 11.6. The van der Waals surface area contributed by atoms with E-state index < -0.39 is 5.82 Å². The molecule has 3 amide bonds. The van der Waals surface area contributed by atoms with E-state index in [1.807, 2.05) is 41.3 Å². The van der Waals surface area contributed by atoms with Gasteiger partial charge in [-0.05, 0) is 42.0 Å². The monoisotopic (exact) mass is 472 g/mol. The van der Waals surface area contributed by atoms with Crippen LogP contribution in [-0.4, -0.2) is 60.4 Å². The molecule has 1 fully saturated rings. The number of carbonyl (C=O) groups excluding carboxylic acids is 3. The minimum Gasteiger partial charge on any atom is -0.349 e. The van der Waals surface area contributed by atoms with Gasteiger partial charge in [0.15, 0.2) is 0 Å². The summed E-state index contributed by atoms with van der Waals surface area (Å²) in [4.78, 5) is 43.3. The molecular formula is C27H25FN4O3. The molecule has 2 aliphatic heterocycles. The molecule has 0 aliphatic carbocycles. The lowest BCUT2D eigenvalue weighted by Crippen LogP contribution is -2.50. The zero-order valence-corrected chi connectivity index (χ0v) is 19.1. The average molecular weight is 473 g/mol. The highest BCUT2D eigenvalue weighted by Crippen LogP contribution is 2.25. The second-order valence-electron chi connectivity index (χ2n) is 8.64. The summed E-state index contributed by atoms with van der Waals surface area (Å²) in [5.74, 6) is -1.16. The zero-order chi connectivity index (χ0) is 24.4. The highest BCUT2D eigenvalue weighted by atomic mass is 19.1. The number of anilines is 1. The molecule has 35 heavy (non-hydrogen) atoms. The van der Waals surface area contributed by atoms with E-state index in [0.29, 0.717) is 50.5 Å². The van der Waals surface area contributed by atoms with Crippen molar-refractivity contribution in [3.63, 3.8) is 0 Å². The standard InChI is InChI=1S/C27H25FN4O3/c28-23-11-10-19(17-32-18-29-25(33)21-8-4-5-9-24(21)32)16-22(23)27(35)31-14-12-30(13-15-31)26(34)20-6-2-1-3-7-20/h1-11,16H,12-15,17-18H2,(H,29,33). The van der Waals surface area contributed by atoms with Crippen LogP contribution in [0.2, 0.25) is 0 Å². The van der Waals surface area contributed by atoms with E-state index >= 15 is 0 Å². The van der Waals surface area contributed by atoms with Crippen molar-refractivity contribution in [1.82, 2.24) is 15.1 Å². The quantitative estimate of drug-likeness (QED) is 0.633. The molecule has 3 aromatic carbocycles. The molecule has 2 aliphatic rings. The predicted octanol–water partition coefficient (Wildman–Crippen LogP) is 3.13. The molecule has 178 valence electrons. The van der Waals surface area contributed by atoms with E-state index in [0.717, 1.165) is 11.3 Å². The summed E-state index contributed by atoms with van der Waals surface area (Å²) in [7, 11) is 0. The summed E-state index contributed by atoms with van der Waals surface area (Å²) in [5.41, 5.74) is 2.77. The molecule has 0 atom stereocenters. The molecule has 0 radical (unpaired) electrons. The van der Waals surface area contributed by atoms with Crippen molar-refractivity contribution < 1.29 is 18.8 Å². The normalized spacial score (nSPS) is 15.5. The van der Waals surface area contributed by atoms with Crippen LogP contribution < -0.4 is 10.2 Å². The third-order valence-corrected chi connectivity index (χ3v) is 6.43. The highest BCUT2D eigenvalue weighted by Gasteiger charge is 2.28. The SMILES string of the molecule is O=C1NCN(Cc2ccc(F)c(C(=O)N3CCN(C(=O)c4ccccc4)CC3)c2)c2ccccc21. The number of hydrogen-bond acceptors (Lipinski definition) is 4. The Labute approximate surface area is 202 Å². The number of amides is 3. The number of nitrogens with zero attached hydrogens (tertiary/aromatic N) is 3. The summed E-state index contributed by atoms with van der Waals surface area (Å²) in [5, 5.41) is 2.84. The third kappa shape index (κ3) is 4.59. The van der Waals surface area contributed by atoms with Crippen molar-refractivity contribution >= 4 is 23.4 Å². The largest absolute Gasteiger partial charge is 0.349 e. The fourth-order valence-corrected chi connectivity index (χ4v) is 4.53. The van der Waals surface area contributed by atoms with Crippen molar-refractivity contribution in [1.29, 1.82) is 0 Å². The molecule has 0 spiro atoms. The number of para-hydroxylation sites is 1. The number of benzene rings is 3. The number of rotatable bonds is 4. The number of hydrogen-bond donors (Lipinski definition) is 1. The van der Waals surface area contributed by atoms with Crippen LogP contribution in [0.15, 0.2) is 72.8 Å². The molecule has 0 saturated carbocycles. The second kappa shape index (κ2) is 9.58. The fraction of sp³-hybridized carbons (Fsp3) is 0.222. The van der Waals surface area contributed by atoms with Crippen LogP contribution in [0.3, 0.4) is 0 Å². The van der Waals surface area contributed by atoms with Crippen LogP contribution >= 0.6 is 0 Å². The predicted molar refractivity (Wildman–Crippen MR) is 130 cm³/mol. The highest BCUT2D eigenvalue weighted by molar-refractivity contribution is 6.01. The van der Waals surface area contributed by atoms with Crippen molar-refractivity contribution in [2.75, 3.05) is 37.7 Å². The number of piperazine rings is 1. The van der Waals surface area contributed by atoms with Gasteiger partial charge in [0.05, 0.1) is 23.5 Å². The summed E-state index contributed by atoms with van der Waals surface area (Å²) < 4.78 is 14.7. The van der Waals surface area contributed by atoms with Crippen LogP contribution in [0.5, 0.6) is 0 Å². The minimum atomic E-state index is -0.575. The van der Waals surface area contributed by atoms with Crippen molar-refractivity contribution in [2.45, 2.75) is 6.54 Å². The van der Waals surface area contributed by atoms with Gasteiger partial charge < -0.3 is 20.0 Å². The van der Waals surface area contributed by atoms with Crippen LogP contribution in [-0.2, 0) is 6.54 Å². The Balaban J connectivity index is 1.27. The van der Waals surface area contributed by atoms with Gasteiger partial charge in [-0.25, -0.2) is 4.39 Å². The van der Waals surface area contributed by atoms with E-state index in [9.17, 15) is 18.8 Å². The Bertz CT molecular complexity index is 1270. The van der Waals surface area contributed by atoms with Gasteiger partial charge in [-0.1, -0.05) is 36.4 Å². The maximum Gasteiger partial charge on any atom is 0.256 e. The Morgan fingerprint density at radius 2 is 1.49 bits per heavy atom. The molecule has 7 nitrogen and oxygen atoms in total. The number of nitrogens with one attached hydrogen (secondary N) is 1. The molecule has 0 bridgehead atoms. The van der Waals surface area contributed by atoms with Crippen molar-refractivity contribution in [3.05, 3.63) is 101 Å². The maximum absolute atomic E-state index is 14.7. The molecule has 2 heterocycles. The van der Waals surface area contributed by atoms with Gasteiger partial charge in [0, 0.05) is 38.3 Å². The smallest absolute Gasteiger partial charge is 0.256 e. The van der Waals surface area contributed by atoms with E-state index in [2.05, 4.69) is 5.32 Å². The van der Waals surface area contributed by atoms with E-state index in [-0.39, 0.29) is 23.3 Å². The van der Waals surface area contributed by atoms with Crippen molar-refractivity contribution in [2.24, 2.45) is 0 Å². The summed E-state index contributed by atoms with van der Waals surface area (Å²) >= 11 is 0. The van der Waals surface area contributed by atoms with Gasteiger partial charge >= 0.3 is 0 Å². The van der Waals surface area contributed by atoms with Crippen LogP contribution in [0.1, 0.15) is 36.6 Å². The molecule has 1 N–H and O–H groups in total. The van der Waals surface area contributed by atoms with Gasteiger partial charge in [-0.2, -0.15) is 0 Å². The summed E-state index contributed by atoms with van der Waals surface area (Å²) in [6.45, 7) is 2.21. The topological polar surface area (TPSA) is 73.0 Å². The molecule has 5 rings (SSSR count). The van der Waals surface area contributed by atoms with Gasteiger partial charge in [-0.3, -0.25) is 14.4 Å². The Hall–Kier alpha value is -4.20. The first kappa shape index (κ1) is 22.6. The lowest BCUT2D eigenvalue weighted by Gasteiger charge is -2.35. The Kier molecular flexibility index (Phi) is 6.18. The van der Waals surface area contributed by atoms with Gasteiger partial charge in [0.1, 0.15) is 5.82 Å². The second-order valence-corrected chi connectivity index (χ2v) is 8.64. The van der Waals surface area contributed by atoms with Crippen molar-refractivity contribution in [3.8, 4) is 0 Å². The van der Waals surface area contributed by atoms with E-state index in [1.165, 1.54) is 6.07 Å². The Morgan fingerprint density at radius 1 is 0.829 bits per heavy atom. The number of halogens is 1. The van der Waals surface area contributed by atoms with E-state index in [4.69, 9.17) is 0 Å². The Morgan fingerprint density at radius 3 is 2.23 bits per heavy atom. The lowest BCUT2D eigenvalue weighted by atomic mass is 10.1. The maximum atomic E-state index is 14.7. The van der Waals surface area contributed by atoms with Gasteiger partial charge in [0.2, 0.25) is 0 Å². The summed E-state index contributed by atoms with van der Waals surface area (Å²) in [6.07, 6.45) is 0. The molecule has 0 aromatic heterocycles. The molecule has 1 saturated heterocycles. The lowest BCUT2D eigenvalue weighted by molar-refractivity contribution is 0.0532. The fourth-order valence-electron chi connectivity index (χ4n) is 4.53. The zero-order valence-electron chi connectivity index (χ0n) is 19.1. The number of fused-ring (bicyclic) bond motifs is 1. The first-order valence-corrected chi connectivity index (χ1v) is 11.6. The molecule has 3 aromatic rings. The van der Waals surface area contributed by atoms with E-state index in [1.54, 1.807) is 40.1 Å².